The van der Waals surface area contributed by atoms with E-state index < -0.39 is 18.5 Å². The summed E-state index contributed by atoms with van der Waals surface area (Å²) in [6, 6.07) is 10.4. The van der Waals surface area contributed by atoms with Crippen LogP contribution in [-0.4, -0.2) is 35.9 Å². The largest absolute Gasteiger partial charge is 0.493 e. The first kappa shape index (κ1) is 20.5. The minimum atomic E-state index is -1.10. The van der Waals surface area contributed by atoms with E-state index in [1.807, 2.05) is 26.0 Å². The highest BCUT2D eigenvalue weighted by atomic mass is 32.2. The second-order valence-electron chi connectivity index (χ2n) is 6.40. The van der Waals surface area contributed by atoms with E-state index in [1.165, 1.54) is 12.0 Å². The lowest BCUT2D eigenvalue weighted by atomic mass is 10.1. The van der Waals surface area contributed by atoms with E-state index in [-0.39, 0.29) is 15.9 Å². The van der Waals surface area contributed by atoms with Crippen LogP contribution in [0.25, 0.3) is 6.08 Å². The van der Waals surface area contributed by atoms with E-state index in [1.54, 1.807) is 30.3 Å². The lowest BCUT2D eigenvalue weighted by Crippen LogP contribution is -2.28. The Morgan fingerprint density at radius 2 is 1.90 bits per heavy atom. The standard InChI is InChI=1S/C21H19NO6S/c1-12-4-6-15(13(2)8-12)22-20(25)18(29-21(22)26)10-14-5-7-16(17(9-14)27-3)28-11-19(23)24/h4-10H,11H2,1-3H3,(H,23,24)/b18-10+. The fourth-order valence-electron chi connectivity index (χ4n) is 2.92. The van der Waals surface area contributed by atoms with Gasteiger partial charge in [-0.3, -0.25) is 9.59 Å². The lowest BCUT2D eigenvalue weighted by Gasteiger charge is -2.15. The molecule has 1 aliphatic heterocycles. The minimum absolute atomic E-state index is 0.274. The van der Waals surface area contributed by atoms with Gasteiger partial charge in [-0.15, -0.1) is 0 Å². The molecule has 0 saturated carbocycles. The Labute approximate surface area is 171 Å². The van der Waals surface area contributed by atoms with E-state index >= 15 is 0 Å². The van der Waals surface area contributed by atoms with Gasteiger partial charge in [0.15, 0.2) is 18.1 Å². The molecule has 0 spiro atoms. The predicted octanol–water partition coefficient (Wildman–Crippen LogP) is 4.02. The van der Waals surface area contributed by atoms with Gasteiger partial charge in [-0.25, -0.2) is 9.69 Å². The summed E-state index contributed by atoms with van der Waals surface area (Å²) in [5.41, 5.74) is 3.08. The van der Waals surface area contributed by atoms with Gasteiger partial charge >= 0.3 is 5.97 Å². The third-order valence-corrected chi connectivity index (χ3v) is 5.09. The van der Waals surface area contributed by atoms with Crippen molar-refractivity contribution in [1.29, 1.82) is 0 Å². The Hall–Kier alpha value is -3.26. The predicted molar refractivity (Wildman–Crippen MR) is 110 cm³/mol. The number of hydrogen-bond acceptors (Lipinski definition) is 6. The van der Waals surface area contributed by atoms with Gasteiger partial charge in [0.2, 0.25) is 0 Å². The van der Waals surface area contributed by atoms with Crippen molar-refractivity contribution in [2.24, 2.45) is 0 Å². The molecule has 2 amide bonds. The molecule has 0 aliphatic carbocycles. The summed E-state index contributed by atoms with van der Waals surface area (Å²) in [4.78, 5) is 37.5. The number of methoxy groups -OCH3 is 1. The molecule has 1 heterocycles. The van der Waals surface area contributed by atoms with Crippen molar-refractivity contribution < 1.29 is 29.0 Å². The van der Waals surface area contributed by atoms with E-state index in [9.17, 15) is 14.4 Å². The van der Waals surface area contributed by atoms with Crippen LogP contribution in [0.5, 0.6) is 11.5 Å². The maximum Gasteiger partial charge on any atom is 0.341 e. The Morgan fingerprint density at radius 3 is 2.55 bits per heavy atom. The molecular weight excluding hydrogens is 394 g/mol. The number of hydrogen-bond donors (Lipinski definition) is 1. The summed E-state index contributed by atoms with van der Waals surface area (Å²) in [7, 11) is 1.43. The molecule has 1 saturated heterocycles. The maximum atomic E-state index is 12.9. The monoisotopic (exact) mass is 413 g/mol. The molecular formula is C21H19NO6S. The van der Waals surface area contributed by atoms with Gasteiger partial charge in [0.1, 0.15) is 0 Å². The van der Waals surface area contributed by atoms with Crippen molar-refractivity contribution in [3.63, 3.8) is 0 Å². The number of thioether (sulfide) groups is 1. The first-order valence-corrected chi connectivity index (χ1v) is 9.49. The normalized spacial score (nSPS) is 15.1. The second kappa shape index (κ2) is 8.40. The van der Waals surface area contributed by atoms with Crippen LogP contribution in [0.2, 0.25) is 0 Å². The van der Waals surface area contributed by atoms with E-state index in [0.717, 1.165) is 22.9 Å². The molecule has 8 heteroatoms. The quantitative estimate of drug-likeness (QED) is 0.715. The molecule has 29 heavy (non-hydrogen) atoms. The summed E-state index contributed by atoms with van der Waals surface area (Å²) >= 11 is 0.865. The Bertz CT molecular complexity index is 1030. The molecule has 1 aliphatic rings. The van der Waals surface area contributed by atoms with Crippen LogP contribution >= 0.6 is 11.8 Å². The van der Waals surface area contributed by atoms with E-state index in [2.05, 4.69) is 0 Å². The number of benzene rings is 2. The molecule has 0 atom stereocenters. The van der Waals surface area contributed by atoms with Crippen LogP contribution < -0.4 is 14.4 Å². The van der Waals surface area contributed by atoms with Crippen molar-refractivity contribution in [3.05, 3.63) is 58.0 Å². The number of ether oxygens (including phenoxy) is 2. The molecule has 0 radical (unpaired) electrons. The van der Waals surface area contributed by atoms with Gasteiger partial charge in [0.05, 0.1) is 17.7 Å². The fourth-order valence-corrected chi connectivity index (χ4v) is 3.75. The summed E-state index contributed by atoms with van der Waals surface area (Å²) in [6.07, 6.45) is 1.60. The molecule has 1 fully saturated rings. The molecule has 0 bridgehead atoms. The topological polar surface area (TPSA) is 93.1 Å². The SMILES string of the molecule is COc1cc(/C=C2/SC(=O)N(c3ccc(C)cc3C)C2=O)ccc1OCC(=O)O. The highest BCUT2D eigenvalue weighted by Gasteiger charge is 2.37. The van der Waals surface area contributed by atoms with Gasteiger partial charge in [-0.1, -0.05) is 23.8 Å². The van der Waals surface area contributed by atoms with Crippen molar-refractivity contribution in [2.75, 3.05) is 18.6 Å². The number of nitrogens with zero attached hydrogens (tertiary/aromatic N) is 1. The fraction of sp³-hybridized carbons (Fsp3) is 0.190. The van der Waals surface area contributed by atoms with E-state index in [4.69, 9.17) is 14.6 Å². The number of imide groups is 1. The zero-order chi connectivity index (χ0) is 21.1. The summed E-state index contributed by atoms with van der Waals surface area (Å²) in [5.74, 6) is -0.891. The lowest BCUT2D eigenvalue weighted by molar-refractivity contribution is -0.139. The average Bonchev–Trinajstić information content (AvgIpc) is 2.94. The Balaban J connectivity index is 1.88. The van der Waals surface area contributed by atoms with Crippen LogP contribution in [-0.2, 0) is 9.59 Å². The highest BCUT2D eigenvalue weighted by molar-refractivity contribution is 8.19. The number of carboxylic acid groups (broad SMARTS) is 1. The van der Waals surface area contributed by atoms with Crippen molar-refractivity contribution in [2.45, 2.75) is 13.8 Å². The van der Waals surface area contributed by atoms with Crippen molar-refractivity contribution in [3.8, 4) is 11.5 Å². The maximum absolute atomic E-state index is 12.9. The first-order chi connectivity index (χ1) is 13.8. The molecule has 0 unspecified atom stereocenters. The number of rotatable bonds is 6. The first-order valence-electron chi connectivity index (χ1n) is 8.68. The van der Waals surface area contributed by atoms with Crippen molar-refractivity contribution in [1.82, 2.24) is 0 Å². The molecule has 0 aromatic heterocycles. The third kappa shape index (κ3) is 4.43. The van der Waals surface area contributed by atoms with Gasteiger partial charge in [-0.2, -0.15) is 0 Å². The Morgan fingerprint density at radius 1 is 1.14 bits per heavy atom. The molecule has 150 valence electrons. The molecule has 2 aromatic carbocycles. The number of carboxylic acids is 1. The number of carbonyl (C=O) groups is 3. The van der Waals surface area contributed by atoms with Gasteiger partial charge < -0.3 is 14.6 Å². The number of aryl methyl sites for hydroxylation is 2. The summed E-state index contributed by atoms with van der Waals surface area (Å²) < 4.78 is 10.4. The number of amides is 2. The average molecular weight is 413 g/mol. The molecule has 7 nitrogen and oxygen atoms in total. The van der Waals surface area contributed by atoms with Crippen LogP contribution in [0.15, 0.2) is 41.3 Å². The molecule has 3 rings (SSSR count). The van der Waals surface area contributed by atoms with E-state index in [0.29, 0.717) is 17.0 Å². The Kier molecular flexibility index (Phi) is 5.93. The van der Waals surface area contributed by atoms with Crippen LogP contribution in [0.1, 0.15) is 16.7 Å². The molecule has 1 N–H and O–H groups in total. The second-order valence-corrected chi connectivity index (χ2v) is 7.39. The van der Waals surface area contributed by atoms with Gasteiger partial charge in [-0.05, 0) is 61.0 Å². The molecule has 2 aromatic rings. The van der Waals surface area contributed by atoms with Gasteiger partial charge in [0, 0.05) is 0 Å². The smallest absolute Gasteiger partial charge is 0.341 e. The van der Waals surface area contributed by atoms with Crippen LogP contribution in [0.4, 0.5) is 10.5 Å². The third-order valence-electron chi connectivity index (χ3n) is 4.22. The summed E-state index contributed by atoms with van der Waals surface area (Å²) in [6.45, 7) is 3.31. The van der Waals surface area contributed by atoms with Crippen LogP contribution in [0.3, 0.4) is 0 Å². The zero-order valence-electron chi connectivity index (χ0n) is 16.1. The summed E-state index contributed by atoms with van der Waals surface area (Å²) in [5, 5.41) is 8.38. The zero-order valence-corrected chi connectivity index (χ0v) is 16.9. The van der Waals surface area contributed by atoms with Gasteiger partial charge in [0.25, 0.3) is 11.1 Å². The highest BCUT2D eigenvalue weighted by Crippen LogP contribution is 2.38. The number of aliphatic carboxylic acids is 1. The van der Waals surface area contributed by atoms with Crippen molar-refractivity contribution >= 4 is 40.6 Å². The number of anilines is 1. The van der Waals surface area contributed by atoms with Crippen LogP contribution in [0, 0.1) is 13.8 Å². The minimum Gasteiger partial charge on any atom is -0.493 e. The number of carbonyl (C=O) groups excluding carboxylic acids is 2.